The van der Waals surface area contributed by atoms with E-state index in [4.69, 9.17) is 28.0 Å². The van der Waals surface area contributed by atoms with Gasteiger partial charge in [0.1, 0.15) is 35.5 Å². The third kappa shape index (κ3) is 7.41. The van der Waals surface area contributed by atoms with E-state index < -0.39 is 43.5 Å². The van der Waals surface area contributed by atoms with E-state index in [0.29, 0.717) is 22.8 Å². The first kappa shape index (κ1) is 34.8. The molecule has 4 aromatic carbocycles. The number of H-pyrrole nitrogens is 1. The van der Waals surface area contributed by atoms with Crippen LogP contribution >= 0.6 is 8.25 Å². The monoisotopic (exact) mass is 697 g/mol. The summed E-state index contributed by atoms with van der Waals surface area (Å²) in [5.74, 6) is 1.74. The Labute approximate surface area is 290 Å². The lowest BCUT2D eigenvalue weighted by molar-refractivity contribution is -0.0916. The number of aryl methyl sites for hydroxylation is 2. The van der Waals surface area contributed by atoms with Crippen LogP contribution in [-0.2, 0) is 24.2 Å². The van der Waals surface area contributed by atoms with Gasteiger partial charge in [0.15, 0.2) is 5.75 Å². The van der Waals surface area contributed by atoms with Crippen LogP contribution in [0.15, 0.2) is 119 Å². The third-order valence-corrected chi connectivity index (χ3v) is 9.50. The first-order chi connectivity index (χ1) is 24.2. The van der Waals surface area contributed by atoms with Crippen molar-refractivity contribution in [2.45, 2.75) is 44.3 Å². The van der Waals surface area contributed by atoms with E-state index in [1.807, 2.05) is 97.9 Å². The molecule has 1 N–H and O–H groups in total. The van der Waals surface area contributed by atoms with Gasteiger partial charge in [-0.05, 0) is 66.9 Å². The summed E-state index contributed by atoms with van der Waals surface area (Å²) in [6.45, 7) is 3.48. The van der Waals surface area contributed by atoms with Gasteiger partial charge in [0.05, 0.1) is 20.8 Å². The van der Waals surface area contributed by atoms with Crippen LogP contribution in [0, 0.1) is 13.8 Å². The van der Waals surface area contributed by atoms with E-state index in [1.54, 1.807) is 33.3 Å². The quantitative estimate of drug-likeness (QED) is 0.107. The maximum absolute atomic E-state index is 13.3. The van der Waals surface area contributed by atoms with E-state index in [2.05, 4.69) is 4.98 Å². The molecule has 2 heterocycles. The number of rotatable bonds is 13. The van der Waals surface area contributed by atoms with E-state index in [0.717, 1.165) is 22.3 Å². The van der Waals surface area contributed by atoms with Crippen LogP contribution in [0.1, 0.15) is 40.5 Å². The number of nitrogens with zero attached hydrogens (tertiary/aromatic N) is 1. The molecule has 0 spiro atoms. The summed E-state index contributed by atoms with van der Waals surface area (Å²) < 4.78 is 50.6. The first-order valence-corrected chi connectivity index (χ1v) is 17.1. The average molecular weight is 698 g/mol. The normalized spacial score (nSPS) is 17.7. The third-order valence-electron chi connectivity index (χ3n) is 8.70. The minimum absolute atomic E-state index is 0.0566. The number of ether oxygens (including phenoxy) is 4. The van der Waals surface area contributed by atoms with Gasteiger partial charge in [-0.2, -0.15) is 0 Å². The van der Waals surface area contributed by atoms with Gasteiger partial charge in [-0.1, -0.05) is 72.3 Å². The SMILES string of the molecule is COc1ccc(C(OC[C@H]2O[C@@H](n3cc(C)c(=O)[nH]c3=O)C[C@@H]2O[P+](=O)Oc2ccc(C)cc2)(c2ccccc2)c2ccc(OC)cc2)cc1. The van der Waals surface area contributed by atoms with Gasteiger partial charge in [-0.15, -0.1) is 4.52 Å². The summed E-state index contributed by atoms with van der Waals surface area (Å²) in [6, 6.07) is 32.1. The largest absolute Gasteiger partial charge is 0.750 e. The van der Waals surface area contributed by atoms with Crippen molar-refractivity contribution < 1.29 is 32.6 Å². The molecule has 11 nitrogen and oxygen atoms in total. The second-order valence-electron chi connectivity index (χ2n) is 11.9. The zero-order chi connectivity index (χ0) is 35.3. The van der Waals surface area contributed by atoms with Crippen molar-refractivity contribution in [2.75, 3.05) is 20.8 Å². The fourth-order valence-corrected chi connectivity index (χ4v) is 6.81. The zero-order valence-electron chi connectivity index (χ0n) is 28.1. The molecule has 6 rings (SSSR count). The number of hydrogen-bond donors (Lipinski definition) is 1. The number of hydrogen-bond acceptors (Lipinski definition) is 9. The number of benzene rings is 4. The Morgan fingerprint density at radius 1 is 0.800 bits per heavy atom. The van der Waals surface area contributed by atoms with E-state index >= 15 is 0 Å². The van der Waals surface area contributed by atoms with Crippen molar-refractivity contribution in [1.82, 2.24) is 9.55 Å². The number of nitrogens with one attached hydrogen (secondary N) is 1. The van der Waals surface area contributed by atoms with Crippen molar-refractivity contribution >= 4 is 8.25 Å². The molecular weight excluding hydrogens is 659 g/mol. The molecule has 4 atom stereocenters. The Hall–Kier alpha value is -5.06. The lowest BCUT2D eigenvalue weighted by Gasteiger charge is -2.37. The molecule has 1 aliphatic heterocycles. The van der Waals surface area contributed by atoms with E-state index in [1.165, 1.54) is 10.8 Å². The Morgan fingerprint density at radius 3 is 1.94 bits per heavy atom. The summed E-state index contributed by atoms with van der Waals surface area (Å²) in [5.41, 5.74) is 1.52. The standard InChI is InChI=1S/C38H37N2O9P/c1-25-10-16-32(17-11-25)48-50(43)49-33-22-35(40-23-26(2)36(41)39-37(40)42)47-34(33)24-46-38(27-8-6-5-7-9-27,28-12-18-30(44-3)19-13-28)29-14-20-31(45-4)21-15-29/h5-21,23,33-35H,22,24H2,1-4H3/p+1/t33-,34+,35+/m0/s1. The van der Waals surface area contributed by atoms with Gasteiger partial charge < -0.3 is 18.9 Å². The molecule has 5 aromatic rings. The zero-order valence-corrected chi connectivity index (χ0v) is 29.0. The maximum atomic E-state index is 13.3. The lowest BCUT2D eigenvalue weighted by atomic mass is 9.80. The second-order valence-corrected chi connectivity index (χ2v) is 12.8. The summed E-state index contributed by atoms with van der Waals surface area (Å²) in [5, 5.41) is 0. The molecule has 258 valence electrons. The minimum Gasteiger partial charge on any atom is -0.497 e. The predicted molar refractivity (Wildman–Crippen MR) is 187 cm³/mol. The molecule has 1 aliphatic rings. The highest BCUT2D eigenvalue weighted by Gasteiger charge is 2.47. The van der Waals surface area contributed by atoms with Crippen LogP contribution < -0.4 is 25.2 Å². The van der Waals surface area contributed by atoms with Crippen LogP contribution in [0.5, 0.6) is 17.2 Å². The van der Waals surface area contributed by atoms with Gasteiger partial charge in [0, 0.05) is 22.7 Å². The molecule has 0 saturated carbocycles. The fraction of sp³-hybridized carbons (Fsp3) is 0.263. The maximum Gasteiger partial charge on any atom is 0.750 e. The van der Waals surface area contributed by atoms with Crippen molar-refractivity contribution in [2.24, 2.45) is 0 Å². The fourth-order valence-electron chi connectivity index (χ4n) is 6.03. The molecule has 0 amide bonds. The van der Waals surface area contributed by atoms with Crippen LogP contribution in [-0.4, -0.2) is 42.6 Å². The summed E-state index contributed by atoms with van der Waals surface area (Å²) >= 11 is 0. The van der Waals surface area contributed by atoms with Crippen molar-refractivity contribution in [3.8, 4) is 17.2 Å². The Bertz CT molecular complexity index is 1980. The van der Waals surface area contributed by atoms with Crippen molar-refractivity contribution in [1.29, 1.82) is 0 Å². The summed E-state index contributed by atoms with van der Waals surface area (Å²) in [6.07, 6.45) is -0.931. The molecule has 1 aromatic heterocycles. The molecular formula is C38H38N2O9P+. The molecule has 1 fully saturated rings. The molecule has 50 heavy (non-hydrogen) atoms. The molecule has 0 radical (unpaired) electrons. The van der Waals surface area contributed by atoms with Crippen molar-refractivity contribution in [3.63, 3.8) is 0 Å². The van der Waals surface area contributed by atoms with Crippen molar-refractivity contribution in [3.05, 3.63) is 158 Å². The Morgan fingerprint density at radius 2 is 1.36 bits per heavy atom. The molecule has 0 bridgehead atoms. The number of aromatic nitrogens is 2. The first-order valence-electron chi connectivity index (χ1n) is 16.0. The average Bonchev–Trinajstić information content (AvgIpc) is 3.53. The highest BCUT2D eigenvalue weighted by Crippen LogP contribution is 2.44. The highest BCUT2D eigenvalue weighted by atomic mass is 31.1. The topological polar surface area (TPSA) is 127 Å². The van der Waals surface area contributed by atoms with Gasteiger partial charge in [-0.3, -0.25) is 14.3 Å². The van der Waals surface area contributed by atoms with E-state index in [9.17, 15) is 14.2 Å². The second kappa shape index (κ2) is 15.2. The van der Waals surface area contributed by atoms with Gasteiger partial charge in [0.2, 0.25) is 0 Å². The Balaban J connectivity index is 1.38. The number of aromatic amines is 1. The molecule has 1 unspecified atom stereocenters. The summed E-state index contributed by atoms with van der Waals surface area (Å²) in [7, 11) is 0.563. The van der Waals surface area contributed by atoms with Crippen LogP contribution in [0.2, 0.25) is 0 Å². The lowest BCUT2D eigenvalue weighted by Crippen LogP contribution is -2.38. The predicted octanol–water partition coefficient (Wildman–Crippen LogP) is 6.59. The van der Waals surface area contributed by atoms with Gasteiger partial charge in [0.25, 0.3) is 5.56 Å². The minimum atomic E-state index is -2.65. The van der Waals surface area contributed by atoms with Gasteiger partial charge >= 0.3 is 13.9 Å². The van der Waals surface area contributed by atoms with Gasteiger partial charge in [-0.25, -0.2) is 9.32 Å². The van der Waals surface area contributed by atoms with Crippen LogP contribution in [0.4, 0.5) is 0 Å². The van der Waals surface area contributed by atoms with Crippen LogP contribution in [0.25, 0.3) is 0 Å². The van der Waals surface area contributed by atoms with Crippen LogP contribution in [0.3, 0.4) is 0 Å². The summed E-state index contributed by atoms with van der Waals surface area (Å²) in [4.78, 5) is 27.4. The highest BCUT2D eigenvalue weighted by molar-refractivity contribution is 7.33. The number of methoxy groups -OCH3 is 2. The molecule has 1 saturated heterocycles. The van der Waals surface area contributed by atoms with E-state index in [-0.39, 0.29) is 13.0 Å². The Kier molecular flexibility index (Phi) is 10.6. The molecule has 12 heteroatoms. The smallest absolute Gasteiger partial charge is 0.497 e. The molecule has 0 aliphatic carbocycles.